The standard InChI is InChI=1S/C15H24N2O2/c1-10-6-12(7-11(2)13(10)8-16)9-17-14(18)19-15(3,4)5/h6-7H,8-9,16H2,1-5H3,(H,17,18). The van der Waals surface area contributed by atoms with Gasteiger partial charge in [0.05, 0.1) is 0 Å². The Bertz CT molecular complexity index is 439. The van der Waals surface area contributed by atoms with Crippen LogP contribution in [0.3, 0.4) is 0 Å². The molecule has 0 atom stereocenters. The molecule has 0 heterocycles. The molecule has 0 aromatic heterocycles. The zero-order valence-electron chi connectivity index (χ0n) is 12.5. The number of amides is 1. The summed E-state index contributed by atoms with van der Waals surface area (Å²) in [5.74, 6) is 0. The molecule has 0 fully saturated rings. The quantitative estimate of drug-likeness (QED) is 0.882. The van der Waals surface area contributed by atoms with E-state index in [0.717, 1.165) is 16.7 Å². The molecular weight excluding hydrogens is 240 g/mol. The van der Waals surface area contributed by atoms with Gasteiger partial charge in [0.1, 0.15) is 5.60 Å². The lowest BCUT2D eigenvalue weighted by Gasteiger charge is -2.20. The first-order valence-electron chi connectivity index (χ1n) is 6.49. The number of hydrogen-bond donors (Lipinski definition) is 2. The van der Waals surface area contributed by atoms with E-state index in [1.165, 1.54) is 5.56 Å². The number of nitrogens with two attached hydrogens (primary N) is 1. The van der Waals surface area contributed by atoms with Gasteiger partial charge >= 0.3 is 6.09 Å². The average molecular weight is 264 g/mol. The van der Waals surface area contributed by atoms with Crippen LogP contribution in [0.15, 0.2) is 12.1 Å². The molecule has 106 valence electrons. The van der Waals surface area contributed by atoms with Crippen molar-refractivity contribution in [2.45, 2.75) is 53.3 Å². The predicted octanol–water partition coefficient (Wildman–Crippen LogP) is 2.79. The maximum atomic E-state index is 11.6. The monoisotopic (exact) mass is 264 g/mol. The number of nitrogens with one attached hydrogen (secondary N) is 1. The summed E-state index contributed by atoms with van der Waals surface area (Å²) < 4.78 is 5.19. The van der Waals surface area contributed by atoms with Crippen molar-refractivity contribution in [1.82, 2.24) is 5.32 Å². The SMILES string of the molecule is Cc1cc(CNC(=O)OC(C)(C)C)cc(C)c1CN. The summed E-state index contributed by atoms with van der Waals surface area (Å²) >= 11 is 0. The Hall–Kier alpha value is -1.55. The van der Waals surface area contributed by atoms with Crippen LogP contribution < -0.4 is 11.1 Å². The molecule has 0 unspecified atom stereocenters. The Morgan fingerprint density at radius 2 is 1.79 bits per heavy atom. The molecular formula is C15H24N2O2. The summed E-state index contributed by atoms with van der Waals surface area (Å²) in [6.45, 7) is 10.6. The van der Waals surface area contributed by atoms with Crippen LogP contribution in [0, 0.1) is 13.8 Å². The fourth-order valence-corrected chi connectivity index (χ4v) is 2.00. The van der Waals surface area contributed by atoms with Crippen LogP contribution in [0.2, 0.25) is 0 Å². The molecule has 1 aromatic carbocycles. The zero-order valence-corrected chi connectivity index (χ0v) is 12.5. The molecule has 0 aliphatic carbocycles. The topological polar surface area (TPSA) is 64.3 Å². The Balaban J connectivity index is 2.67. The molecule has 0 bridgehead atoms. The minimum atomic E-state index is -0.473. The van der Waals surface area contributed by atoms with Gasteiger partial charge in [-0.3, -0.25) is 0 Å². The Morgan fingerprint density at radius 3 is 2.21 bits per heavy atom. The van der Waals surface area contributed by atoms with Crippen molar-refractivity contribution in [3.05, 3.63) is 34.4 Å². The fraction of sp³-hybridized carbons (Fsp3) is 0.533. The molecule has 0 saturated carbocycles. The predicted molar refractivity (Wildman–Crippen MR) is 76.9 cm³/mol. The number of alkyl carbamates (subject to hydrolysis) is 1. The molecule has 19 heavy (non-hydrogen) atoms. The third-order valence-electron chi connectivity index (χ3n) is 2.80. The van der Waals surface area contributed by atoms with Gasteiger partial charge < -0.3 is 15.8 Å². The number of ether oxygens (including phenoxy) is 1. The second-order valence-corrected chi connectivity index (χ2v) is 5.77. The van der Waals surface area contributed by atoms with Crippen LogP contribution in [-0.2, 0) is 17.8 Å². The number of carbonyl (C=O) groups excluding carboxylic acids is 1. The van der Waals surface area contributed by atoms with Crippen molar-refractivity contribution in [1.29, 1.82) is 0 Å². The van der Waals surface area contributed by atoms with E-state index in [2.05, 4.69) is 5.32 Å². The summed E-state index contributed by atoms with van der Waals surface area (Å²) in [4.78, 5) is 11.6. The molecule has 0 spiro atoms. The minimum absolute atomic E-state index is 0.397. The normalized spacial score (nSPS) is 11.3. The number of aryl methyl sites for hydroxylation is 2. The second-order valence-electron chi connectivity index (χ2n) is 5.77. The van der Waals surface area contributed by atoms with E-state index >= 15 is 0 Å². The number of hydrogen-bond acceptors (Lipinski definition) is 3. The number of carbonyl (C=O) groups is 1. The van der Waals surface area contributed by atoms with Gasteiger partial charge in [0.25, 0.3) is 0 Å². The third-order valence-corrected chi connectivity index (χ3v) is 2.80. The van der Waals surface area contributed by atoms with E-state index in [0.29, 0.717) is 13.1 Å². The maximum absolute atomic E-state index is 11.6. The zero-order chi connectivity index (χ0) is 14.6. The summed E-state index contributed by atoms with van der Waals surface area (Å²) in [7, 11) is 0. The van der Waals surface area contributed by atoms with E-state index in [9.17, 15) is 4.79 Å². The second kappa shape index (κ2) is 6.06. The van der Waals surface area contributed by atoms with Gasteiger partial charge in [-0.1, -0.05) is 12.1 Å². The molecule has 4 nitrogen and oxygen atoms in total. The maximum Gasteiger partial charge on any atom is 0.407 e. The van der Waals surface area contributed by atoms with Crippen molar-refractivity contribution in [2.24, 2.45) is 5.73 Å². The van der Waals surface area contributed by atoms with Gasteiger partial charge in [0, 0.05) is 13.1 Å². The summed E-state index contributed by atoms with van der Waals surface area (Å²) in [6.07, 6.45) is -0.397. The molecule has 1 amide bonds. The van der Waals surface area contributed by atoms with E-state index < -0.39 is 11.7 Å². The lowest BCUT2D eigenvalue weighted by Crippen LogP contribution is -2.32. The molecule has 1 aromatic rings. The number of rotatable bonds is 3. The van der Waals surface area contributed by atoms with Crippen LogP contribution in [0.25, 0.3) is 0 Å². The van der Waals surface area contributed by atoms with Gasteiger partial charge in [0.15, 0.2) is 0 Å². The summed E-state index contributed by atoms with van der Waals surface area (Å²) in [5.41, 5.74) is 9.76. The minimum Gasteiger partial charge on any atom is -0.444 e. The molecule has 0 saturated heterocycles. The van der Waals surface area contributed by atoms with E-state index in [1.807, 2.05) is 46.8 Å². The first-order chi connectivity index (χ1) is 8.73. The highest BCUT2D eigenvalue weighted by atomic mass is 16.6. The molecule has 3 N–H and O–H groups in total. The van der Waals surface area contributed by atoms with Gasteiger partial charge in [-0.05, 0) is 56.9 Å². The van der Waals surface area contributed by atoms with Crippen LogP contribution in [0.5, 0.6) is 0 Å². The highest BCUT2D eigenvalue weighted by molar-refractivity contribution is 5.67. The van der Waals surface area contributed by atoms with Crippen LogP contribution >= 0.6 is 0 Å². The van der Waals surface area contributed by atoms with Gasteiger partial charge in [-0.15, -0.1) is 0 Å². The van der Waals surface area contributed by atoms with E-state index in [1.54, 1.807) is 0 Å². The Labute approximate surface area is 115 Å². The summed E-state index contributed by atoms with van der Waals surface area (Å²) in [5, 5.41) is 2.76. The van der Waals surface area contributed by atoms with Gasteiger partial charge in [-0.25, -0.2) is 4.79 Å². The molecule has 0 radical (unpaired) electrons. The third kappa shape index (κ3) is 4.91. The molecule has 4 heteroatoms. The Morgan fingerprint density at radius 1 is 1.26 bits per heavy atom. The highest BCUT2D eigenvalue weighted by Gasteiger charge is 2.15. The smallest absolute Gasteiger partial charge is 0.407 e. The van der Waals surface area contributed by atoms with Crippen molar-refractivity contribution < 1.29 is 9.53 Å². The van der Waals surface area contributed by atoms with Crippen molar-refractivity contribution in [3.8, 4) is 0 Å². The first-order valence-corrected chi connectivity index (χ1v) is 6.49. The van der Waals surface area contributed by atoms with Crippen molar-refractivity contribution >= 4 is 6.09 Å². The fourth-order valence-electron chi connectivity index (χ4n) is 2.00. The molecule has 0 aliphatic rings. The van der Waals surface area contributed by atoms with Crippen molar-refractivity contribution in [3.63, 3.8) is 0 Å². The lowest BCUT2D eigenvalue weighted by molar-refractivity contribution is 0.0523. The molecule has 1 rings (SSSR count). The van der Waals surface area contributed by atoms with Crippen molar-refractivity contribution in [2.75, 3.05) is 0 Å². The average Bonchev–Trinajstić information content (AvgIpc) is 2.23. The first kappa shape index (κ1) is 15.5. The van der Waals surface area contributed by atoms with Gasteiger partial charge in [-0.2, -0.15) is 0 Å². The molecule has 0 aliphatic heterocycles. The summed E-state index contributed by atoms with van der Waals surface area (Å²) in [6, 6.07) is 4.10. The van der Waals surface area contributed by atoms with E-state index in [-0.39, 0.29) is 0 Å². The van der Waals surface area contributed by atoms with E-state index in [4.69, 9.17) is 10.5 Å². The van der Waals surface area contributed by atoms with Gasteiger partial charge in [0.2, 0.25) is 0 Å². The van der Waals surface area contributed by atoms with Crippen LogP contribution in [-0.4, -0.2) is 11.7 Å². The van der Waals surface area contributed by atoms with Crippen LogP contribution in [0.1, 0.15) is 43.0 Å². The van der Waals surface area contributed by atoms with Crippen LogP contribution in [0.4, 0.5) is 4.79 Å². The largest absolute Gasteiger partial charge is 0.444 e. The highest BCUT2D eigenvalue weighted by Crippen LogP contribution is 2.16. The number of benzene rings is 1. The Kier molecular flexibility index (Phi) is 4.95. The lowest BCUT2D eigenvalue weighted by atomic mass is 9.99.